The first-order valence-electron chi connectivity index (χ1n) is 11.4. The highest BCUT2D eigenvalue weighted by Crippen LogP contribution is 2.10. The van der Waals surface area contributed by atoms with Crippen molar-refractivity contribution in [3.63, 3.8) is 0 Å². The Kier molecular flexibility index (Phi) is 10.9. The molecule has 0 aliphatic carbocycles. The molecule has 2 heterocycles. The van der Waals surface area contributed by atoms with Crippen molar-refractivity contribution in [1.82, 2.24) is 37.2 Å². The van der Waals surface area contributed by atoms with Gasteiger partial charge in [-0.3, -0.25) is 24.0 Å². The quantitative estimate of drug-likeness (QED) is 0.143. The highest BCUT2D eigenvalue weighted by atomic mass is 16.3. The number of carbonyl (C=O) groups is 6. The van der Waals surface area contributed by atoms with Gasteiger partial charge in [0.25, 0.3) is 5.91 Å². The molecule has 20 heteroatoms. The molecule has 0 aromatic heterocycles. The fraction of sp³-hybridized carbons (Fsp3) is 0.526. The van der Waals surface area contributed by atoms with Gasteiger partial charge in [-0.1, -0.05) is 0 Å². The van der Waals surface area contributed by atoms with Crippen LogP contribution in [0.25, 0.3) is 0 Å². The molecule has 1 fully saturated rings. The Labute approximate surface area is 220 Å². The summed E-state index contributed by atoms with van der Waals surface area (Å²) >= 11 is 0. The highest BCUT2D eigenvalue weighted by Gasteiger charge is 2.36. The molecule has 7 amide bonds. The van der Waals surface area contributed by atoms with Crippen molar-refractivity contribution < 1.29 is 44.1 Å². The van der Waals surface area contributed by atoms with E-state index in [2.05, 4.69) is 36.9 Å². The summed E-state index contributed by atoms with van der Waals surface area (Å²) in [4.78, 5) is 78.7. The van der Waals surface area contributed by atoms with E-state index in [1.807, 2.05) is 5.32 Å². The van der Waals surface area contributed by atoms with Gasteiger partial charge >= 0.3 is 6.03 Å². The van der Waals surface area contributed by atoms with Crippen molar-refractivity contribution >= 4 is 41.5 Å². The van der Waals surface area contributed by atoms with Crippen LogP contribution in [0.15, 0.2) is 16.9 Å². The van der Waals surface area contributed by atoms with E-state index in [9.17, 15) is 44.1 Å². The first-order chi connectivity index (χ1) is 18.4. The van der Waals surface area contributed by atoms with Crippen LogP contribution in [0, 0.1) is 0 Å². The van der Waals surface area contributed by atoms with E-state index in [0.29, 0.717) is 6.20 Å². The molecular weight excluding hydrogens is 526 g/mol. The third-order valence-corrected chi connectivity index (χ3v) is 5.38. The summed E-state index contributed by atoms with van der Waals surface area (Å²) < 4.78 is 0. The van der Waals surface area contributed by atoms with E-state index in [4.69, 9.17) is 17.2 Å². The van der Waals surface area contributed by atoms with E-state index in [1.54, 1.807) is 0 Å². The number of hydrogen-bond acceptors (Lipinski definition) is 13. The molecule has 0 unspecified atom stereocenters. The first-order valence-corrected chi connectivity index (χ1v) is 11.4. The normalized spacial score (nSPS) is 30.5. The summed E-state index contributed by atoms with van der Waals surface area (Å²) in [5.74, 6) is -5.56. The molecule has 0 bridgehead atoms. The monoisotopic (exact) mass is 557 g/mol. The van der Waals surface area contributed by atoms with Gasteiger partial charge in [0.15, 0.2) is 12.2 Å². The maximum absolute atomic E-state index is 13.1. The number of aliphatic imine (C=N–C) groups is 1. The number of urea groups is 1. The zero-order valence-corrected chi connectivity index (χ0v) is 20.3. The first kappa shape index (κ1) is 30.7. The average molecular weight is 558 g/mol. The lowest BCUT2D eigenvalue weighted by Crippen LogP contribution is -2.64. The predicted molar refractivity (Wildman–Crippen MR) is 129 cm³/mol. The molecule has 0 aromatic carbocycles. The number of hydrogen-bond donors (Lipinski definition) is 13. The predicted octanol–water partition coefficient (Wildman–Crippen LogP) is -8.50. The molecule has 0 aromatic rings. The number of guanidine groups is 1. The van der Waals surface area contributed by atoms with Gasteiger partial charge in [-0.05, 0) is 0 Å². The Bertz CT molecular complexity index is 1050. The van der Waals surface area contributed by atoms with Crippen LogP contribution in [0.5, 0.6) is 0 Å². The zero-order valence-electron chi connectivity index (χ0n) is 20.3. The molecule has 0 saturated carbocycles. The van der Waals surface area contributed by atoms with Gasteiger partial charge in [0.2, 0.25) is 23.6 Å². The van der Waals surface area contributed by atoms with Gasteiger partial charge < -0.3 is 69.7 Å². The van der Waals surface area contributed by atoms with E-state index in [-0.39, 0.29) is 12.4 Å². The second kappa shape index (κ2) is 13.9. The second-order valence-electron chi connectivity index (χ2n) is 8.33. The van der Waals surface area contributed by atoms with Gasteiger partial charge in [0.05, 0.1) is 19.3 Å². The van der Waals surface area contributed by atoms with Crippen LogP contribution in [0.4, 0.5) is 4.79 Å². The summed E-state index contributed by atoms with van der Waals surface area (Å²) in [5.41, 5.74) is 15.8. The molecule has 16 N–H and O–H groups in total. The topological polar surface area (TPSA) is 338 Å². The Morgan fingerprint density at radius 2 is 1.59 bits per heavy atom. The number of aliphatic hydroxyl groups excluding tert-OH is 3. The second-order valence-corrected chi connectivity index (χ2v) is 8.33. The Hall–Kier alpha value is -4.53. The number of aliphatic hydroxyl groups is 3. The number of nitrogens with zero attached hydrogens (tertiary/aromatic N) is 1. The van der Waals surface area contributed by atoms with Crippen molar-refractivity contribution in [3.8, 4) is 0 Å². The third kappa shape index (κ3) is 8.77. The summed E-state index contributed by atoms with van der Waals surface area (Å²) in [7, 11) is 0. The Morgan fingerprint density at radius 3 is 2.18 bits per heavy atom. The van der Waals surface area contributed by atoms with Crippen molar-refractivity contribution in [2.45, 2.75) is 42.9 Å². The van der Waals surface area contributed by atoms with Gasteiger partial charge in [-0.2, -0.15) is 0 Å². The molecule has 2 aliphatic rings. The minimum absolute atomic E-state index is 0.215. The number of carbonyl (C=O) groups excluding carboxylic acids is 6. The number of nitrogens with two attached hydrogens (primary N) is 3. The van der Waals surface area contributed by atoms with Crippen LogP contribution in [0.3, 0.4) is 0 Å². The molecule has 0 spiro atoms. The minimum atomic E-state index is -1.71. The fourth-order valence-electron chi connectivity index (χ4n) is 3.39. The molecule has 20 nitrogen and oxygen atoms in total. The van der Waals surface area contributed by atoms with Crippen LogP contribution in [0.1, 0.15) is 6.42 Å². The van der Waals surface area contributed by atoms with Gasteiger partial charge in [-0.15, -0.1) is 0 Å². The smallest absolute Gasteiger partial charge is 0.316 e. The minimum Gasteiger partial charge on any atom is -0.394 e. The zero-order chi connectivity index (χ0) is 29.3. The van der Waals surface area contributed by atoms with E-state index >= 15 is 0 Å². The van der Waals surface area contributed by atoms with Crippen molar-refractivity contribution in [2.75, 3.05) is 19.8 Å². The van der Waals surface area contributed by atoms with Crippen LogP contribution in [0.2, 0.25) is 0 Å². The van der Waals surface area contributed by atoms with Crippen molar-refractivity contribution in [3.05, 3.63) is 11.9 Å². The summed E-state index contributed by atoms with van der Waals surface area (Å²) in [6.07, 6.45) is -0.868. The number of nitrogens with one attached hydrogen (secondary N) is 7. The number of rotatable bonds is 4. The van der Waals surface area contributed by atoms with Crippen LogP contribution < -0.4 is 54.4 Å². The maximum atomic E-state index is 13.1. The van der Waals surface area contributed by atoms with Crippen molar-refractivity contribution in [1.29, 1.82) is 0 Å². The molecule has 0 radical (unpaired) electrons. The number of amides is 7. The average Bonchev–Trinajstić information content (AvgIpc) is 2.87. The molecule has 216 valence electrons. The van der Waals surface area contributed by atoms with E-state index in [0.717, 1.165) is 0 Å². The van der Waals surface area contributed by atoms with Gasteiger partial charge in [0.1, 0.15) is 29.9 Å². The summed E-state index contributed by atoms with van der Waals surface area (Å²) in [6, 6.07) is -8.48. The van der Waals surface area contributed by atoms with Gasteiger partial charge in [-0.25, -0.2) is 9.79 Å². The Balaban J connectivity index is 2.48. The van der Waals surface area contributed by atoms with E-state index < -0.39 is 97.5 Å². The lowest BCUT2D eigenvalue weighted by molar-refractivity contribution is -0.134. The van der Waals surface area contributed by atoms with Crippen LogP contribution in [-0.2, 0) is 24.0 Å². The van der Waals surface area contributed by atoms with Gasteiger partial charge in [0, 0.05) is 19.2 Å². The lowest BCUT2D eigenvalue weighted by atomic mass is 10.0. The molecule has 1 saturated heterocycles. The molecule has 39 heavy (non-hydrogen) atoms. The van der Waals surface area contributed by atoms with Crippen LogP contribution in [-0.4, -0.2) is 113 Å². The van der Waals surface area contributed by atoms with Crippen molar-refractivity contribution in [2.24, 2.45) is 22.2 Å². The SMILES string of the molecule is NC(=O)NC=C1NC(=O)[C@@H](CO)NC(=O)[C@@H](CO)NC(=O)[C@@H](N)CNC(=O)[C@@H]([C@@H]2C[C@@H](O)N=C(N)N2)NC1=O. The van der Waals surface area contributed by atoms with E-state index in [1.165, 1.54) is 0 Å². The Morgan fingerprint density at radius 1 is 0.974 bits per heavy atom. The maximum Gasteiger partial charge on any atom is 0.316 e. The molecular formula is C19H31N11O9. The lowest BCUT2D eigenvalue weighted by Gasteiger charge is -2.32. The summed E-state index contributed by atoms with van der Waals surface area (Å²) in [5, 5.41) is 44.7. The third-order valence-electron chi connectivity index (χ3n) is 5.38. The highest BCUT2D eigenvalue weighted by molar-refractivity contribution is 6.02. The standard InChI is InChI=1S/C19H31N11O9/c20-6-2-23-17(38)12(7-1-11(33)29-18(21)28-7)30-14(35)8(3-24-19(22)39)25-15(36)10(5-32)27-16(37)9(4-31)26-13(6)34/h3,6-7,9-12,31-33H,1-2,4-5,20H2,(H,23,38)(H,25,36)(H,26,34)(H,27,37)(H,30,35)(H3,21,28,29)(H3,22,24,39)/t6-,7-,9+,10+,11+,12+/m0/s1. The number of primary amides is 1. The fourth-order valence-corrected chi connectivity index (χ4v) is 3.39. The summed E-state index contributed by atoms with van der Waals surface area (Å²) in [6.45, 7) is -2.42. The molecule has 2 aliphatic heterocycles. The molecule has 2 rings (SSSR count). The largest absolute Gasteiger partial charge is 0.394 e. The van der Waals surface area contributed by atoms with Crippen LogP contribution >= 0.6 is 0 Å². The molecule has 6 atom stereocenters.